The molecule has 0 bridgehead atoms. The summed E-state index contributed by atoms with van der Waals surface area (Å²) < 4.78 is 4.54. The molecule has 2 aliphatic rings. The fourth-order valence-electron chi connectivity index (χ4n) is 6.29. The van der Waals surface area contributed by atoms with Crippen molar-refractivity contribution in [3.05, 3.63) is 62.7 Å². The molecule has 1 aromatic carbocycles. The molecule has 2 fully saturated rings. The largest absolute Gasteiger partial charge is 0.356 e. The Kier molecular flexibility index (Phi) is 6.91. The predicted molar refractivity (Wildman–Crippen MR) is 155 cm³/mol. The SMILES string of the molecule is CCn1c(N2CCC[C@@H](N)C2)c(C(=O)N2CCCCC2)c2c1c(=O)n(Cc1ncc3ccccc3n1)c(=O)n2C. The number of aromatic nitrogens is 5. The summed E-state index contributed by atoms with van der Waals surface area (Å²) >= 11 is 0. The summed E-state index contributed by atoms with van der Waals surface area (Å²) in [6.07, 6.45) is 6.49. The second-order valence-corrected chi connectivity index (χ2v) is 10.9. The van der Waals surface area contributed by atoms with Gasteiger partial charge in [0.1, 0.15) is 22.7 Å². The maximum Gasteiger partial charge on any atom is 0.331 e. The van der Waals surface area contributed by atoms with Gasteiger partial charge in [-0.05, 0) is 45.1 Å². The lowest BCUT2D eigenvalue weighted by Gasteiger charge is -2.34. The molecule has 210 valence electrons. The zero-order valence-corrected chi connectivity index (χ0v) is 23.2. The summed E-state index contributed by atoms with van der Waals surface area (Å²) in [7, 11) is 1.64. The smallest absolute Gasteiger partial charge is 0.331 e. The van der Waals surface area contributed by atoms with E-state index in [1.54, 1.807) is 13.2 Å². The first-order chi connectivity index (χ1) is 19.4. The molecular weight excluding hydrogens is 508 g/mol. The Morgan fingerprint density at radius 1 is 1.02 bits per heavy atom. The van der Waals surface area contributed by atoms with Crippen LogP contribution in [0, 0.1) is 0 Å². The van der Waals surface area contributed by atoms with E-state index in [2.05, 4.69) is 14.9 Å². The predicted octanol–water partition coefficient (Wildman–Crippen LogP) is 2.07. The normalized spacial score (nSPS) is 18.1. The molecule has 1 atom stereocenters. The second-order valence-electron chi connectivity index (χ2n) is 10.9. The van der Waals surface area contributed by atoms with Crippen LogP contribution in [0.3, 0.4) is 0 Å². The Balaban J connectivity index is 1.57. The molecule has 0 aliphatic carbocycles. The van der Waals surface area contributed by atoms with Crippen molar-refractivity contribution in [2.75, 3.05) is 31.1 Å². The highest BCUT2D eigenvalue weighted by atomic mass is 16.2. The number of benzene rings is 1. The van der Waals surface area contributed by atoms with Crippen molar-refractivity contribution in [2.45, 2.75) is 58.2 Å². The number of nitrogens with zero attached hydrogens (tertiary/aromatic N) is 7. The van der Waals surface area contributed by atoms with Crippen molar-refractivity contribution in [2.24, 2.45) is 12.8 Å². The van der Waals surface area contributed by atoms with Crippen LogP contribution in [-0.2, 0) is 20.1 Å². The monoisotopic (exact) mass is 544 g/mol. The van der Waals surface area contributed by atoms with Gasteiger partial charge in [0.15, 0.2) is 0 Å². The van der Waals surface area contributed by atoms with Gasteiger partial charge < -0.3 is 20.1 Å². The molecule has 6 rings (SSSR count). The molecular formula is C29H36N8O3. The summed E-state index contributed by atoms with van der Waals surface area (Å²) in [4.78, 5) is 55.1. The third-order valence-electron chi connectivity index (χ3n) is 8.28. The van der Waals surface area contributed by atoms with Crippen molar-refractivity contribution in [3.8, 4) is 0 Å². The number of aryl methyl sites for hydroxylation is 2. The van der Waals surface area contributed by atoms with E-state index in [0.717, 1.165) is 49.6 Å². The van der Waals surface area contributed by atoms with Crippen LogP contribution in [0.4, 0.5) is 5.82 Å². The minimum Gasteiger partial charge on any atom is -0.356 e. The molecule has 0 unspecified atom stereocenters. The van der Waals surface area contributed by atoms with Gasteiger partial charge in [-0.3, -0.25) is 18.7 Å². The lowest BCUT2D eigenvalue weighted by atomic mass is 10.1. The Hall–Kier alpha value is -3.99. The number of amides is 1. The Labute approximate surface area is 231 Å². The number of carbonyl (C=O) groups excluding carboxylic acids is 1. The highest BCUT2D eigenvalue weighted by Gasteiger charge is 2.34. The van der Waals surface area contributed by atoms with Crippen LogP contribution < -0.4 is 21.9 Å². The molecule has 0 saturated carbocycles. The summed E-state index contributed by atoms with van der Waals surface area (Å²) in [5, 5.41) is 0.882. The van der Waals surface area contributed by atoms with E-state index in [4.69, 9.17) is 5.73 Å². The lowest BCUT2D eigenvalue weighted by molar-refractivity contribution is 0.0726. The number of carbonyl (C=O) groups is 1. The van der Waals surface area contributed by atoms with E-state index in [-0.39, 0.29) is 18.5 Å². The summed E-state index contributed by atoms with van der Waals surface area (Å²) in [5.74, 6) is 0.935. The molecule has 40 heavy (non-hydrogen) atoms. The van der Waals surface area contributed by atoms with Crippen molar-refractivity contribution < 1.29 is 4.79 Å². The number of nitrogens with two attached hydrogens (primary N) is 1. The van der Waals surface area contributed by atoms with Crippen molar-refractivity contribution in [1.29, 1.82) is 0 Å². The fourth-order valence-corrected chi connectivity index (χ4v) is 6.29. The van der Waals surface area contributed by atoms with Crippen LogP contribution in [0.1, 0.15) is 55.2 Å². The average Bonchev–Trinajstić information content (AvgIpc) is 3.34. The van der Waals surface area contributed by atoms with Crippen molar-refractivity contribution >= 4 is 33.7 Å². The molecule has 11 heteroatoms. The molecule has 5 heterocycles. The van der Waals surface area contributed by atoms with Gasteiger partial charge in [-0.15, -0.1) is 0 Å². The first-order valence-electron chi connectivity index (χ1n) is 14.3. The standard InChI is InChI=1S/C29H36N8O3/c1-3-36-25-24(23(27(38)34-13-7-4-8-14-34)26(36)35-15-9-11-20(30)17-35)33(2)29(40)37(28(25)39)18-22-31-16-19-10-5-6-12-21(19)32-22/h5-6,10,12,16,20H,3-4,7-9,11,13-15,17-18,30H2,1-2H3/t20-/m1/s1. The molecule has 11 nitrogen and oxygen atoms in total. The average molecular weight is 545 g/mol. The summed E-state index contributed by atoms with van der Waals surface area (Å²) in [6, 6.07) is 7.56. The van der Waals surface area contributed by atoms with E-state index in [0.29, 0.717) is 54.4 Å². The molecule has 1 amide bonds. The number of piperidine rings is 2. The number of fused-ring (bicyclic) bond motifs is 2. The zero-order valence-electron chi connectivity index (χ0n) is 23.2. The number of rotatable bonds is 5. The van der Waals surface area contributed by atoms with E-state index < -0.39 is 11.2 Å². The minimum atomic E-state index is -0.503. The van der Waals surface area contributed by atoms with Gasteiger partial charge in [0.05, 0.1) is 17.6 Å². The minimum absolute atomic E-state index is 0.0273. The van der Waals surface area contributed by atoms with Gasteiger partial charge in [0.25, 0.3) is 11.5 Å². The maximum atomic E-state index is 14.2. The van der Waals surface area contributed by atoms with Crippen LogP contribution in [0.2, 0.25) is 0 Å². The number of hydrogen-bond acceptors (Lipinski definition) is 7. The Morgan fingerprint density at radius 3 is 2.55 bits per heavy atom. The van der Waals surface area contributed by atoms with E-state index in [9.17, 15) is 14.4 Å². The van der Waals surface area contributed by atoms with Crippen LogP contribution in [-0.4, -0.2) is 66.7 Å². The molecule has 0 spiro atoms. The number of para-hydroxylation sites is 1. The second kappa shape index (κ2) is 10.5. The van der Waals surface area contributed by atoms with Crippen LogP contribution in [0.5, 0.6) is 0 Å². The van der Waals surface area contributed by atoms with E-state index in [1.807, 2.05) is 40.7 Å². The third-order valence-corrected chi connectivity index (χ3v) is 8.28. The van der Waals surface area contributed by atoms with Crippen LogP contribution in [0.25, 0.3) is 21.9 Å². The fraction of sp³-hybridized carbons (Fsp3) is 0.483. The highest BCUT2D eigenvalue weighted by molar-refractivity contribution is 6.11. The van der Waals surface area contributed by atoms with Gasteiger partial charge in [0.2, 0.25) is 0 Å². The first-order valence-corrected chi connectivity index (χ1v) is 14.3. The topological polar surface area (TPSA) is 124 Å². The van der Waals surface area contributed by atoms with Gasteiger partial charge in [-0.2, -0.15) is 0 Å². The van der Waals surface area contributed by atoms with E-state index >= 15 is 0 Å². The molecule has 2 saturated heterocycles. The van der Waals surface area contributed by atoms with Gasteiger partial charge >= 0.3 is 5.69 Å². The molecule has 0 radical (unpaired) electrons. The quantitative estimate of drug-likeness (QED) is 0.408. The van der Waals surface area contributed by atoms with Gasteiger partial charge in [0, 0.05) is 57.4 Å². The van der Waals surface area contributed by atoms with Crippen molar-refractivity contribution in [3.63, 3.8) is 0 Å². The molecule has 4 aromatic rings. The molecule has 2 N–H and O–H groups in total. The van der Waals surface area contributed by atoms with Gasteiger partial charge in [-0.1, -0.05) is 18.2 Å². The molecule has 3 aromatic heterocycles. The lowest BCUT2D eigenvalue weighted by Crippen LogP contribution is -2.45. The number of likely N-dealkylation sites (tertiary alicyclic amines) is 1. The first kappa shape index (κ1) is 26.2. The van der Waals surface area contributed by atoms with Crippen LogP contribution >= 0.6 is 0 Å². The third kappa shape index (κ3) is 4.38. The van der Waals surface area contributed by atoms with E-state index in [1.165, 1.54) is 9.13 Å². The Bertz CT molecular complexity index is 1710. The zero-order chi connectivity index (χ0) is 28.0. The van der Waals surface area contributed by atoms with Gasteiger partial charge in [-0.25, -0.2) is 14.8 Å². The number of anilines is 1. The Morgan fingerprint density at radius 2 is 1.80 bits per heavy atom. The number of hydrogen-bond donors (Lipinski definition) is 1. The summed E-state index contributed by atoms with van der Waals surface area (Å²) in [5.41, 5.74) is 7.33. The molecule has 2 aliphatic heterocycles. The summed E-state index contributed by atoms with van der Waals surface area (Å²) in [6.45, 7) is 5.01. The highest BCUT2D eigenvalue weighted by Crippen LogP contribution is 2.34. The van der Waals surface area contributed by atoms with Crippen molar-refractivity contribution in [1.82, 2.24) is 28.6 Å². The maximum absolute atomic E-state index is 14.2. The van der Waals surface area contributed by atoms with Crippen LogP contribution in [0.15, 0.2) is 40.1 Å².